The van der Waals surface area contributed by atoms with Crippen LogP contribution in [0.2, 0.25) is 5.02 Å². The molecule has 1 aromatic heterocycles. The molecule has 3 atom stereocenters. The lowest BCUT2D eigenvalue weighted by atomic mass is 9.70. The normalized spacial score (nSPS) is 23.6. The van der Waals surface area contributed by atoms with Gasteiger partial charge in [-0.1, -0.05) is 24.6 Å². The van der Waals surface area contributed by atoms with Gasteiger partial charge in [0, 0.05) is 22.7 Å². The van der Waals surface area contributed by atoms with Gasteiger partial charge >= 0.3 is 6.18 Å². The Balaban J connectivity index is 1.95. The van der Waals surface area contributed by atoms with Gasteiger partial charge in [0.15, 0.2) is 5.60 Å². The Morgan fingerprint density at radius 1 is 1.23 bits per heavy atom. The van der Waals surface area contributed by atoms with Crippen LogP contribution >= 0.6 is 11.6 Å². The lowest BCUT2D eigenvalue weighted by molar-refractivity contribution is -0.272. The van der Waals surface area contributed by atoms with Gasteiger partial charge < -0.3 is 20.5 Å². The van der Waals surface area contributed by atoms with Crippen molar-refractivity contribution in [3.05, 3.63) is 68.7 Å². The highest BCUT2D eigenvalue weighted by molar-refractivity contribution is 6.32. The molecule has 164 valence electrons. The lowest BCUT2D eigenvalue weighted by Gasteiger charge is -2.45. The van der Waals surface area contributed by atoms with Gasteiger partial charge in [0.05, 0.1) is 16.6 Å². The number of nitrogens with one attached hydrogen (secondary N) is 2. The van der Waals surface area contributed by atoms with Crippen LogP contribution in [0.4, 0.5) is 23.2 Å². The number of rotatable bonds is 2. The molecule has 4 rings (SSSR count). The number of phenolic OH excluding ortho intramolecular Hbond substituents is 1. The van der Waals surface area contributed by atoms with Crippen molar-refractivity contribution in [1.82, 2.24) is 4.98 Å². The number of anilines is 1. The van der Waals surface area contributed by atoms with Crippen molar-refractivity contribution < 1.29 is 27.8 Å². The Morgan fingerprint density at radius 2 is 1.94 bits per heavy atom. The highest BCUT2D eigenvalue weighted by atomic mass is 35.5. The summed E-state index contributed by atoms with van der Waals surface area (Å²) in [5, 5.41) is 24.1. The number of benzene rings is 2. The number of aromatic nitrogens is 1. The van der Waals surface area contributed by atoms with Gasteiger partial charge in [0.1, 0.15) is 11.6 Å². The smallest absolute Gasteiger partial charge is 0.419 e. The van der Waals surface area contributed by atoms with E-state index >= 15 is 0 Å². The zero-order valence-electron chi connectivity index (χ0n) is 16.0. The van der Waals surface area contributed by atoms with E-state index in [9.17, 15) is 32.6 Å². The van der Waals surface area contributed by atoms with Crippen molar-refractivity contribution in [2.24, 2.45) is 0 Å². The summed E-state index contributed by atoms with van der Waals surface area (Å²) < 4.78 is 56.4. The fourth-order valence-corrected chi connectivity index (χ4v) is 4.46. The second-order valence-electron chi connectivity index (χ2n) is 7.74. The number of alkyl halides is 3. The highest BCUT2D eigenvalue weighted by Gasteiger charge is 2.62. The first-order chi connectivity index (χ1) is 14.4. The Hall–Kier alpha value is -2.78. The van der Waals surface area contributed by atoms with Crippen molar-refractivity contribution in [2.75, 3.05) is 5.32 Å². The van der Waals surface area contributed by atoms with Crippen LogP contribution in [-0.4, -0.2) is 27.0 Å². The molecule has 1 aliphatic carbocycles. The summed E-state index contributed by atoms with van der Waals surface area (Å²) >= 11 is 5.96. The maximum Gasteiger partial charge on any atom is 0.419 e. The van der Waals surface area contributed by atoms with E-state index in [1.54, 1.807) is 0 Å². The Bertz CT molecular complexity index is 1240. The molecule has 0 amide bonds. The van der Waals surface area contributed by atoms with Crippen molar-refractivity contribution >= 4 is 28.2 Å². The summed E-state index contributed by atoms with van der Waals surface area (Å²) in [5.74, 6) is -2.02. The monoisotopic (exact) mass is 456 g/mol. The Morgan fingerprint density at radius 3 is 2.61 bits per heavy atom. The maximum atomic E-state index is 14.2. The van der Waals surface area contributed by atoms with E-state index in [1.807, 2.05) is 0 Å². The summed E-state index contributed by atoms with van der Waals surface area (Å²) in [6.07, 6.45) is -5.79. The summed E-state index contributed by atoms with van der Waals surface area (Å²) in [6.45, 7) is 1.45. The average Bonchev–Trinajstić information content (AvgIpc) is 2.65. The highest BCUT2D eigenvalue weighted by Crippen LogP contribution is 2.55. The molecule has 0 spiro atoms. The van der Waals surface area contributed by atoms with Crippen LogP contribution in [0.15, 0.2) is 41.2 Å². The number of halogens is 5. The summed E-state index contributed by atoms with van der Waals surface area (Å²) in [5.41, 5.74) is -3.55. The van der Waals surface area contributed by atoms with Gasteiger partial charge in [-0.25, -0.2) is 4.39 Å². The van der Waals surface area contributed by atoms with Crippen LogP contribution in [0.25, 0.3) is 10.9 Å². The number of aromatic amines is 1. The average molecular weight is 457 g/mol. The second-order valence-corrected chi connectivity index (χ2v) is 8.15. The molecule has 4 N–H and O–H groups in total. The number of aliphatic hydroxyl groups is 1. The lowest BCUT2D eigenvalue weighted by Crippen LogP contribution is -2.55. The second kappa shape index (κ2) is 7.13. The minimum atomic E-state index is -5.04. The molecular formula is C21H17ClF4N2O3. The van der Waals surface area contributed by atoms with E-state index in [0.29, 0.717) is 0 Å². The third kappa shape index (κ3) is 3.41. The van der Waals surface area contributed by atoms with Crippen molar-refractivity contribution in [3.8, 4) is 5.75 Å². The Kier molecular flexibility index (Phi) is 4.94. The third-order valence-corrected chi connectivity index (χ3v) is 6.00. The molecular weight excluding hydrogens is 440 g/mol. The van der Waals surface area contributed by atoms with Gasteiger partial charge in [-0.2, -0.15) is 13.2 Å². The number of fused-ring (bicyclic) bond motifs is 2. The zero-order chi connectivity index (χ0) is 22.7. The van der Waals surface area contributed by atoms with Crippen molar-refractivity contribution in [3.63, 3.8) is 0 Å². The van der Waals surface area contributed by atoms with Crippen LogP contribution in [-0.2, 0) is 0 Å². The molecule has 0 unspecified atom stereocenters. The van der Waals surface area contributed by atoms with E-state index in [2.05, 4.69) is 10.3 Å². The molecule has 0 radical (unpaired) electrons. The number of phenols is 1. The minimum absolute atomic E-state index is 0.0117. The van der Waals surface area contributed by atoms with Gasteiger partial charge in [-0.15, -0.1) is 0 Å². The fraction of sp³-hybridized carbons (Fsp3) is 0.286. The molecule has 0 saturated heterocycles. The molecule has 0 aliphatic heterocycles. The first kappa shape index (κ1) is 21.5. The Labute approximate surface area is 178 Å². The third-order valence-electron chi connectivity index (χ3n) is 5.70. The number of hydrogen-bond donors (Lipinski definition) is 4. The number of hydrogen-bond acceptors (Lipinski definition) is 4. The fourth-order valence-electron chi connectivity index (χ4n) is 4.30. The number of aromatic hydroxyl groups is 1. The molecule has 10 heteroatoms. The van der Waals surface area contributed by atoms with Crippen LogP contribution in [0.3, 0.4) is 0 Å². The van der Waals surface area contributed by atoms with Crippen LogP contribution in [0.5, 0.6) is 5.75 Å². The summed E-state index contributed by atoms with van der Waals surface area (Å²) in [7, 11) is 0. The van der Waals surface area contributed by atoms with Crippen LogP contribution < -0.4 is 10.9 Å². The molecule has 5 nitrogen and oxygen atoms in total. The SMILES string of the molecule is C[C@@H]1C[C@@](O)(C(F)(F)F)[C@@H](Nc2cc(F)cc3[nH]c(=O)ccc23)c2ccc(Cl)c(O)c21. The predicted molar refractivity (Wildman–Crippen MR) is 108 cm³/mol. The summed E-state index contributed by atoms with van der Waals surface area (Å²) in [4.78, 5) is 14.0. The molecule has 0 fully saturated rings. The van der Waals surface area contributed by atoms with E-state index in [0.717, 1.165) is 18.2 Å². The van der Waals surface area contributed by atoms with Crippen LogP contribution in [0.1, 0.15) is 36.4 Å². The van der Waals surface area contributed by atoms with Gasteiger partial charge in [0.2, 0.25) is 5.56 Å². The molecule has 2 aromatic carbocycles. The van der Waals surface area contributed by atoms with Crippen molar-refractivity contribution in [1.29, 1.82) is 0 Å². The van der Waals surface area contributed by atoms with E-state index < -0.39 is 41.5 Å². The summed E-state index contributed by atoms with van der Waals surface area (Å²) in [6, 6.07) is 5.27. The topological polar surface area (TPSA) is 85.4 Å². The predicted octanol–water partition coefficient (Wildman–Crippen LogP) is 4.98. The first-order valence-corrected chi connectivity index (χ1v) is 9.69. The molecule has 0 saturated carbocycles. The van der Waals surface area contributed by atoms with E-state index in [1.165, 1.54) is 25.1 Å². The maximum absolute atomic E-state index is 14.2. The van der Waals surface area contributed by atoms with Crippen molar-refractivity contribution in [2.45, 2.75) is 37.1 Å². The largest absolute Gasteiger partial charge is 0.506 e. The molecule has 3 aromatic rings. The molecule has 31 heavy (non-hydrogen) atoms. The first-order valence-electron chi connectivity index (χ1n) is 9.32. The number of H-pyrrole nitrogens is 1. The van der Waals surface area contributed by atoms with Gasteiger partial charge in [-0.3, -0.25) is 4.79 Å². The molecule has 0 bridgehead atoms. The van der Waals surface area contributed by atoms with Gasteiger partial charge in [0.25, 0.3) is 0 Å². The number of pyridine rings is 1. The molecule has 1 aliphatic rings. The van der Waals surface area contributed by atoms with Crippen LogP contribution in [0, 0.1) is 5.82 Å². The minimum Gasteiger partial charge on any atom is -0.506 e. The quantitative estimate of drug-likeness (QED) is 0.410. The standard InChI is InChI=1S/C21H17ClF4N2O3/c1-9-8-20(31,21(24,25)26)19(12-2-4-13(22)18(30)17(9)12)28-15-7-10(23)6-14-11(15)3-5-16(29)27-14/h2-7,9,19,28,30-31H,8H2,1H3,(H,27,29)/t9-,19+,20+/m1/s1. The molecule has 1 heterocycles. The van der Waals surface area contributed by atoms with E-state index in [-0.39, 0.29) is 38.5 Å². The zero-order valence-corrected chi connectivity index (χ0v) is 16.8. The van der Waals surface area contributed by atoms with Gasteiger partial charge in [-0.05, 0) is 42.2 Å². The van der Waals surface area contributed by atoms with E-state index in [4.69, 9.17) is 11.6 Å².